The number of rotatable bonds is 13. The maximum Gasteiger partial charge on any atom is 0.398 e. The molecule has 5 aromatic rings. The third-order valence-electron chi connectivity index (χ3n) is 13.0. The van der Waals surface area contributed by atoms with Crippen LogP contribution in [-0.2, 0) is 15.0 Å². The molecule has 0 aliphatic carbocycles. The van der Waals surface area contributed by atoms with E-state index in [-0.39, 0.29) is 30.0 Å². The summed E-state index contributed by atoms with van der Waals surface area (Å²) in [6, 6.07) is 21.0. The van der Waals surface area contributed by atoms with Crippen molar-refractivity contribution in [2.45, 2.75) is 85.4 Å². The highest BCUT2D eigenvalue weighted by Crippen LogP contribution is 2.68. The fourth-order valence-corrected chi connectivity index (χ4v) is 10.6. The second-order valence-corrected chi connectivity index (χ2v) is 16.6. The molecule has 4 atom stereocenters. The lowest BCUT2D eigenvalue weighted by Crippen LogP contribution is -2.78. The van der Waals surface area contributed by atoms with Gasteiger partial charge in [0.2, 0.25) is 11.8 Å². The number of halogens is 9. The summed E-state index contributed by atoms with van der Waals surface area (Å²) >= 11 is 0. The molecule has 4 unspecified atom stereocenters. The number of nitrogens with two attached hydrogens (primary N) is 1. The van der Waals surface area contributed by atoms with Crippen molar-refractivity contribution in [2.75, 3.05) is 32.7 Å². The topological polar surface area (TPSA) is 94.5 Å². The number of likely N-dealkylation sites (tertiary alicyclic amines) is 2. The molecule has 63 heavy (non-hydrogen) atoms. The number of carbonyl (C=O) groups is 2. The summed E-state index contributed by atoms with van der Waals surface area (Å²) in [6.45, 7) is 1.50. The summed E-state index contributed by atoms with van der Waals surface area (Å²) in [7, 11) is 0. The van der Waals surface area contributed by atoms with Gasteiger partial charge in [0.15, 0.2) is 0 Å². The first-order valence-electron chi connectivity index (χ1n) is 20.9. The van der Waals surface area contributed by atoms with Crippen LogP contribution in [-0.4, -0.2) is 89.4 Å². The zero-order chi connectivity index (χ0) is 45.2. The number of benzene rings is 4. The number of fused-ring (bicyclic) bond motifs is 1. The van der Waals surface area contributed by atoms with Crippen LogP contribution in [0.25, 0.3) is 10.9 Å². The summed E-state index contributed by atoms with van der Waals surface area (Å²) < 4.78 is 151. The van der Waals surface area contributed by atoms with E-state index >= 15 is 44.3 Å². The monoisotopic (exact) mass is 885 g/mol. The molecular weight excluding hydrogens is 838 g/mol. The van der Waals surface area contributed by atoms with Gasteiger partial charge in [0, 0.05) is 36.2 Å². The SMILES string of the molecule is NC(=O)C(NC(=O)CN1CCC(N2CCCCC2)CC1)(C(c1ccccc1)C(F)(F)F)C(c1c[nH]c2ccccc12)(C(c1ccccc1)C(F)(F)F)C(c1ccccc1)C(F)(F)F. The van der Waals surface area contributed by atoms with Gasteiger partial charge in [0.25, 0.3) is 0 Å². The Morgan fingerprint density at radius 2 is 1.06 bits per heavy atom. The predicted octanol–water partition coefficient (Wildman–Crippen LogP) is 9.73. The highest BCUT2D eigenvalue weighted by molar-refractivity contribution is 5.97. The lowest BCUT2D eigenvalue weighted by Gasteiger charge is -2.59. The molecule has 16 heteroatoms. The molecule has 2 amide bonds. The molecule has 2 saturated heterocycles. The third-order valence-corrected chi connectivity index (χ3v) is 13.0. The largest absolute Gasteiger partial charge is 0.398 e. The molecule has 3 heterocycles. The van der Waals surface area contributed by atoms with Crippen molar-refractivity contribution in [1.82, 2.24) is 20.1 Å². The molecule has 2 fully saturated rings. The van der Waals surface area contributed by atoms with Crippen molar-refractivity contribution in [1.29, 1.82) is 0 Å². The van der Waals surface area contributed by atoms with E-state index in [2.05, 4.69) is 15.2 Å². The van der Waals surface area contributed by atoms with E-state index in [4.69, 9.17) is 5.73 Å². The van der Waals surface area contributed by atoms with Crippen LogP contribution in [0.4, 0.5) is 39.5 Å². The first-order chi connectivity index (χ1) is 29.9. The van der Waals surface area contributed by atoms with E-state index in [0.717, 1.165) is 117 Å². The number of H-pyrrole nitrogens is 1. The Labute approximate surface area is 358 Å². The Bertz CT molecular complexity index is 2250. The molecule has 0 bridgehead atoms. The molecule has 7 nitrogen and oxygen atoms in total. The number of aromatic nitrogens is 1. The van der Waals surface area contributed by atoms with Crippen LogP contribution >= 0.6 is 0 Å². The van der Waals surface area contributed by atoms with Crippen molar-refractivity contribution in [3.8, 4) is 0 Å². The van der Waals surface area contributed by atoms with Crippen molar-refractivity contribution >= 4 is 22.7 Å². The smallest absolute Gasteiger partial charge is 0.368 e. The summed E-state index contributed by atoms with van der Waals surface area (Å²) in [5.74, 6) is -14.5. The fraction of sp³-hybridized carbons (Fsp3) is 0.404. The van der Waals surface area contributed by atoms with Crippen molar-refractivity contribution in [3.05, 3.63) is 144 Å². The zero-order valence-electron chi connectivity index (χ0n) is 34.1. The van der Waals surface area contributed by atoms with Crippen molar-refractivity contribution in [3.63, 3.8) is 0 Å². The summed E-state index contributed by atoms with van der Waals surface area (Å²) in [5.41, 5.74) is -6.06. The third kappa shape index (κ3) is 8.80. The second kappa shape index (κ2) is 18.0. The minimum absolute atomic E-state index is 0.0515. The minimum atomic E-state index is -5.87. The maximum absolute atomic E-state index is 16.9. The number of para-hydroxylation sites is 1. The highest BCUT2D eigenvalue weighted by atomic mass is 19.4. The zero-order valence-corrected chi connectivity index (χ0v) is 34.1. The first kappa shape index (κ1) is 45.7. The quantitative estimate of drug-likeness (QED) is 0.103. The van der Waals surface area contributed by atoms with Crippen LogP contribution in [0.3, 0.4) is 0 Å². The summed E-state index contributed by atoms with van der Waals surface area (Å²) in [4.78, 5) is 36.6. The fourth-order valence-electron chi connectivity index (χ4n) is 10.6. The van der Waals surface area contributed by atoms with Crippen LogP contribution in [0, 0.1) is 0 Å². The van der Waals surface area contributed by atoms with E-state index in [9.17, 15) is 4.79 Å². The number of nitrogens with zero attached hydrogens (tertiary/aromatic N) is 2. The van der Waals surface area contributed by atoms with Crippen LogP contribution in [0.15, 0.2) is 121 Å². The van der Waals surface area contributed by atoms with Crippen molar-refractivity contribution < 1.29 is 49.1 Å². The Balaban J connectivity index is 1.61. The first-order valence-corrected chi connectivity index (χ1v) is 20.9. The number of amides is 2. The predicted molar refractivity (Wildman–Crippen MR) is 221 cm³/mol. The van der Waals surface area contributed by atoms with Gasteiger partial charge in [-0.3, -0.25) is 14.5 Å². The lowest BCUT2D eigenvalue weighted by molar-refractivity contribution is -0.235. The number of hydrogen-bond donors (Lipinski definition) is 3. The van der Waals surface area contributed by atoms with Gasteiger partial charge in [-0.2, -0.15) is 39.5 Å². The highest BCUT2D eigenvalue weighted by Gasteiger charge is 2.79. The van der Waals surface area contributed by atoms with Crippen LogP contribution in [0.2, 0.25) is 0 Å². The van der Waals surface area contributed by atoms with Gasteiger partial charge in [-0.05, 0) is 67.1 Å². The normalized spacial score (nSPS) is 19.7. The minimum Gasteiger partial charge on any atom is -0.368 e. The van der Waals surface area contributed by atoms with Gasteiger partial charge in [0.05, 0.1) is 23.8 Å². The van der Waals surface area contributed by atoms with Gasteiger partial charge in [-0.15, -0.1) is 0 Å². The summed E-state index contributed by atoms with van der Waals surface area (Å²) in [5, 5.41) is 1.74. The lowest BCUT2D eigenvalue weighted by atomic mass is 9.45. The number of alkyl halides is 9. The van der Waals surface area contributed by atoms with E-state index < -0.39 is 87.8 Å². The Morgan fingerprint density at radius 1 is 0.619 bits per heavy atom. The van der Waals surface area contributed by atoms with Crippen LogP contribution < -0.4 is 11.1 Å². The number of carbonyl (C=O) groups excluding carboxylic acids is 2. The molecule has 0 spiro atoms. The molecule has 0 radical (unpaired) electrons. The molecule has 1 aromatic heterocycles. The number of nitrogens with one attached hydrogen (secondary N) is 2. The number of aromatic amines is 1. The van der Waals surface area contributed by atoms with E-state index in [0.29, 0.717) is 12.8 Å². The standard InChI is InChI=1S/C47H48F9N5O2/c48-45(49,50)39(31-15-5-1-6-16-31)43(36-29-58-37-22-12-11-21-35(36)37,40(46(51,52)53)32-17-7-2-8-18-32)44(42(57)63,41(47(54,55)56)33-19-9-3-10-20-33)59-38(62)30-60-27-23-34(24-28-60)61-25-13-4-14-26-61/h1-3,5-12,15-22,29,34,39-41,58H,4,13-14,23-28,30H2,(H2,57,63)(H,59,62). The van der Waals surface area contributed by atoms with Crippen LogP contribution in [0.5, 0.6) is 0 Å². The van der Waals surface area contributed by atoms with E-state index in [1.807, 2.05) is 0 Å². The molecular formula is C47H48F9N5O2. The van der Waals surface area contributed by atoms with Crippen molar-refractivity contribution in [2.24, 2.45) is 5.73 Å². The number of piperidine rings is 2. The van der Waals surface area contributed by atoms with Crippen LogP contribution in [0.1, 0.15) is 72.1 Å². The Kier molecular flexibility index (Phi) is 13.1. The molecule has 2 aliphatic heterocycles. The molecule has 4 aromatic carbocycles. The van der Waals surface area contributed by atoms with Gasteiger partial charge < -0.3 is 20.9 Å². The molecule has 0 saturated carbocycles. The molecule has 336 valence electrons. The molecule has 7 rings (SSSR count). The summed E-state index contributed by atoms with van der Waals surface area (Å²) in [6.07, 6.45) is -12.6. The maximum atomic E-state index is 16.9. The number of primary amides is 1. The van der Waals surface area contributed by atoms with E-state index in [1.165, 1.54) is 36.4 Å². The number of hydrogen-bond acceptors (Lipinski definition) is 4. The van der Waals surface area contributed by atoms with Gasteiger partial charge in [-0.1, -0.05) is 116 Å². The second-order valence-electron chi connectivity index (χ2n) is 16.6. The molecule has 2 aliphatic rings. The van der Waals surface area contributed by atoms with Gasteiger partial charge in [0.1, 0.15) is 11.5 Å². The van der Waals surface area contributed by atoms with Gasteiger partial charge >= 0.3 is 18.5 Å². The average molecular weight is 886 g/mol. The Hall–Kier alpha value is -5.35. The average Bonchev–Trinajstić information content (AvgIpc) is 3.68. The van der Waals surface area contributed by atoms with Gasteiger partial charge in [-0.25, -0.2) is 0 Å². The molecule has 4 N–H and O–H groups in total. The Morgan fingerprint density at radius 3 is 1.52 bits per heavy atom. The van der Waals surface area contributed by atoms with E-state index in [1.54, 1.807) is 4.90 Å².